The molecule has 0 aromatic heterocycles. The Bertz CT molecular complexity index is 1180. The smallest absolute Gasteiger partial charge is 0.0337 e. The van der Waals surface area contributed by atoms with Gasteiger partial charge in [0.15, 0.2) is 0 Å². The van der Waals surface area contributed by atoms with Crippen molar-refractivity contribution in [3.8, 4) is 0 Å². The quantitative estimate of drug-likeness (QED) is 0.154. The van der Waals surface area contributed by atoms with E-state index in [1.807, 2.05) is 19.2 Å². The first-order valence-corrected chi connectivity index (χ1v) is 13.3. The topological polar surface area (TPSA) is 38.0 Å². The van der Waals surface area contributed by atoms with Crippen molar-refractivity contribution in [3.05, 3.63) is 107 Å². The summed E-state index contributed by atoms with van der Waals surface area (Å²) < 4.78 is 0. The molecule has 0 aliphatic heterocycles. The molecule has 2 heteroatoms. The number of nitrogen functional groups attached to an aromatic ring is 1. The average Bonchev–Trinajstić information content (AvgIpc) is 2.89. The number of rotatable bonds is 13. The van der Waals surface area contributed by atoms with E-state index in [0.717, 1.165) is 18.5 Å². The molecule has 0 saturated heterocycles. The highest BCUT2D eigenvalue weighted by Crippen LogP contribution is 2.21. The molecule has 0 heterocycles. The van der Waals surface area contributed by atoms with E-state index in [9.17, 15) is 0 Å². The standard InChI is InChI=1S/C33H40N2/c1-35-33-22-16-27(17-23-33)9-5-3-7-11-29-13-19-30-24-28(12-18-31(30)25-29)10-6-2-4-8-26-14-20-32(34)21-15-26/h12-25,35H,2-11,34H2,1H3. The van der Waals surface area contributed by atoms with E-state index in [2.05, 4.69) is 78.1 Å². The van der Waals surface area contributed by atoms with Gasteiger partial charge in [-0.25, -0.2) is 0 Å². The second-order valence-electron chi connectivity index (χ2n) is 9.83. The van der Waals surface area contributed by atoms with Crippen molar-refractivity contribution in [2.75, 3.05) is 18.1 Å². The normalized spacial score (nSPS) is 11.1. The van der Waals surface area contributed by atoms with Crippen LogP contribution in [0.3, 0.4) is 0 Å². The third-order valence-corrected chi connectivity index (χ3v) is 7.05. The third kappa shape index (κ3) is 7.89. The number of hydrogen-bond acceptors (Lipinski definition) is 2. The summed E-state index contributed by atoms with van der Waals surface area (Å²) >= 11 is 0. The molecule has 2 nitrogen and oxygen atoms in total. The molecule has 182 valence electrons. The minimum absolute atomic E-state index is 0.847. The molecular weight excluding hydrogens is 424 g/mol. The summed E-state index contributed by atoms with van der Waals surface area (Å²) in [4.78, 5) is 0. The van der Waals surface area contributed by atoms with E-state index in [-0.39, 0.29) is 0 Å². The molecule has 0 radical (unpaired) electrons. The van der Waals surface area contributed by atoms with Crippen molar-refractivity contribution < 1.29 is 0 Å². The summed E-state index contributed by atoms with van der Waals surface area (Å²) in [6.45, 7) is 0. The highest BCUT2D eigenvalue weighted by molar-refractivity contribution is 5.83. The lowest BCUT2D eigenvalue weighted by Gasteiger charge is -2.08. The number of aryl methyl sites for hydroxylation is 4. The van der Waals surface area contributed by atoms with Crippen LogP contribution < -0.4 is 11.1 Å². The van der Waals surface area contributed by atoms with Gasteiger partial charge in [0.05, 0.1) is 0 Å². The lowest BCUT2D eigenvalue weighted by molar-refractivity contribution is 0.678. The number of unbranched alkanes of at least 4 members (excludes halogenated alkanes) is 4. The number of nitrogens with one attached hydrogen (secondary N) is 1. The van der Waals surface area contributed by atoms with Crippen LogP contribution in [0.5, 0.6) is 0 Å². The van der Waals surface area contributed by atoms with E-state index in [0.29, 0.717) is 0 Å². The lowest BCUT2D eigenvalue weighted by atomic mass is 9.98. The average molecular weight is 465 g/mol. The second kappa shape index (κ2) is 13.0. The van der Waals surface area contributed by atoms with E-state index in [1.54, 1.807) is 0 Å². The molecule has 0 spiro atoms. The summed E-state index contributed by atoms with van der Waals surface area (Å²) in [6.07, 6.45) is 12.2. The SMILES string of the molecule is CNc1ccc(CCCCCc2ccc3cc(CCCCCc4ccc(N)cc4)ccc3c2)cc1. The molecule has 0 aliphatic rings. The Labute approximate surface area is 211 Å². The molecule has 0 unspecified atom stereocenters. The summed E-state index contributed by atoms with van der Waals surface area (Å²) in [5, 5.41) is 5.93. The maximum Gasteiger partial charge on any atom is 0.0337 e. The van der Waals surface area contributed by atoms with Crippen molar-refractivity contribution in [1.29, 1.82) is 0 Å². The molecule has 0 aliphatic carbocycles. The Balaban J connectivity index is 1.16. The Morgan fingerprint density at radius 3 is 1.34 bits per heavy atom. The van der Waals surface area contributed by atoms with Crippen LogP contribution in [-0.2, 0) is 25.7 Å². The van der Waals surface area contributed by atoms with E-state index >= 15 is 0 Å². The highest BCUT2D eigenvalue weighted by Gasteiger charge is 2.02. The van der Waals surface area contributed by atoms with Gasteiger partial charge in [0, 0.05) is 18.4 Å². The zero-order chi connectivity index (χ0) is 24.3. The molecule has 4 aromatic carbocycles. The van der Waals surface area contributed by atoms with Gasteiger partial charge in [0.25, 0.3) is 0 Å². The summed E-state index contributed by atoms with van der Waals surface area (Å²) in [6, 6.07) is 31.2. The molecule has 35 heavy (non-hydrogen) atoms. The Morgan fingerprint density at radius 2 is 0.886 bits per heavy atom. The summed E-state index contributed by atoms with van der Waals surface area (Å²) in [5.41, 5.74) is 13.6. The van der Waals surface area contributed by atoms with E-state index < -0.39 is 0 Å². The van der Waals surface area contributed by atoms with Gasteiger partial charge in [0.2, 0.25) is 0 Å². The lowest BCUT2D eigenvalue weighted by Crippen LogP contribution is -1.92. The zero-order valence-corrected chi connectivity index (χ0v) is 21.2. The fourth-order valence-corrected chi connectivity index (χ4v) is 4.85. The monoisotopic (exact) mass is 464 g/mol. The van der Waals surface area contributed by atoms with Crippen LogP contribution in [0.1, 0.15) is 60.8 Å². The second-order valence-corrected chi connectivity index (χ2v) is 9.83. The van der Waals surface area contributed by atoms with Gasteiger partial charge in [0.1, 0.15) is 0 Å². The van der Waals surface area contributed by atoms with E-state index in [4.69, 9.17) is 5.73 Å². The van der Waals surface area contributed by atoms with Crippen LogP contribution >= 0.6 is 0 Å². The predicted molar refractivity (Wildman–Crippen MR) is 153 cm³/mol. The van der Waals surface area contributed by atoms with Crippen LogP contribution in [0.2, 0.25) is 0 Å². The van der Waals surface area contributed by atoms with Crippen LogP contribution in [0, 0.1) is 0 Å². The Kier molecular flexibility index (Phi) is 9.23. The molecule has 3 N–H and O–H groups in total. The maximum atomic E-state index is 5.77. The molecule has 0 amide bonds. The minimum Gasteiger partial charge on any atom is -0.399 e. The van der Waals surface area contributed by atoms with Crippen LogP contribution in [0.15, 0.2) is 84.9 Å². The van der Waals surface area contributed by atoms with Crippen LogP contribution in [0.25, 0.3) is 10.8 Å². The van der Waals surface area contributed by atoms with Crippen molar-refractivity contribution in [2.24, 2.45) is 0 Å². The number of anilines is 2. The zero-order valence-electron chi connectivity index (χ0n) is 21.2. The van der Waals surface area contributed by atoms with Crippen molar-refractivity contribution in [3.63, 3.8) is 0 Å². The molecule has 0 atom stereocenters. The molecule has 0 saturated carbocycles. The number of benzene rings is 4. The fourth-order valence-electron chi connectivity index (χ4n) is 4.85. The first-order valence-electron chi connectivity index (χ1n) is 13.3. The van der Waals surface area contributed by atoms with Gasteiger partial charge in [-0.2, -0.15) is 0 Å². The maximum absolute atomic E-state index is 5.77. The Hall–Kier alpha value is -3.26. The number of hydrogen-bond donors (Lipinski definition) is 2. The van der Waals surface area contributed by atoms with Gasteiger partial charge >= 0.3 is 0 Å². The number of nitrogens with two attached hydrogens (primary N) is 1. The molecule has 0 bridgehead atoms. The molecular formula is C33H40N2. The van der Waals surface area contributed by atoms with Gasteiger partial charge in [-0.1, -0.05) is 73.5 Å². The summed E-state index contributed by atoms with van der Waals surface area (Å²) in [7, 11) is 1.97. The minimum atomic E-state index is 0.847. The molecule has 4 rings (SSSR count). The van der Waals surface area contributed by atoms with Gasteiger partial charge in [-0.05, 0) is 109 Å². The Morgan fingerprint density at radius 1 is 0.486 bits per heavy atom. The highest BCUT2D eigenvalue weighted by atomic mass is 14.8. The summed E-state index contributed by atoms with van der Waals surface area (Å²) in [5.74, 6) is 0. The van der Waals surface area contributed by atoms with Crippen LogP contribution in [-0.4, -0.2) is 7.05 Å². The van der Waals surface area contributed by atoms with Crippen molar-refractivity contribution in [2.45, 2.75) is 64.2 Å². The van der Waals surface area contributed by atoms with Crippen molar-refractivity contribution in [1.82, 2.24) is 0 Å². The molecule has 0 fully saturated rings. The molecule has 4 aromatic rings. The van der Waals surface area contributed by atoms with Gasteiger partial charge in [-0.3, -0.25) is 0 Å². The van der Waals surface area contributed by atoms with Crippen molar-refractivity contribution >= 4 is 22.1 Å². The number of fused-ring (bicyclic) bond motifs is 1. The van der Waals surface area contributed by atoms with Gasteiger partial charge in [-0.15, -0.1) is 0 Å². The predicted octanol–water partition coefficient (Wildman–Crippen LogP) is 8.37. The van der Waals surface area contributed by atoms with Gasteiger partial charge < -0.3 is 11.1 Å². The van der Waals surface area contributed by atoms with Crippen LogP contribution in [0.4, 0.5) is 11.4 Å². The third-order valence-electron chi connectivity index (χ3n) is 7.05. The largest absolute Gasteiger partial charge is 0.399 e. The first kappa shape index (κ1) is 24.9. The van der Waals surface area contributed by atoms with E-state index in [1.165, 1.54) is 90.1 Å². The fraction of sp³-hybridized carbons (Fsp3) is 0.333. The first-order chi connectivity index (χ1) is 17.2.